The van der Waals surface area contributed by atoms with Crippen molar-refractivity contribution < 1.29 is 4.79 Å². The Morgan fingerprint density at radius 2 is 2.15 bits per heavy atom. The van der Waals surface area contributed by atoms with E-state index in [1.54, 1.807) is 0 Å². The molecule has 0 spiro atoms. The molecule has 3 aliphatic rings. The fourth-order valence-electron chi connectivity index (χ4n) is 4.37. The zero-order valence-electron chi connectivity index (χ0n) is 17.1. The quantitative estimate of drug-likeness (QED) is 0.795. The SMILES string of the molecule is CNCCN(C)Cc1nn2c(c1C1=CCN(C(=O)C3(C)CC3)CC1)CCC2. The lowest BCUT2D eigenvalue weighted by Crippen LogP contribution is -2.39. The molecule has 1 aromatic heterocycles. The molecule has 1 N–H and O–H groups in total. The van der Waals surface area contributed by atoms with Gasteiger partial charge in [-0.05, 0) is 51.8 Å². The van der Waals surface area contributed by atoms with Crippen LogP contribution < -0.4 is 5.32 Å². The first-order valence-corrected chi connectivity index (χ1v) is 10.4. The van der Waals surface area contributed by atoms with E-state index in [9.17, 15) is 4.79 Å². The number of likely N-dealkylation sites (N-methyl/N-ethyl adjacent to an activating group) is 2. The van der Waals surface area contributed by atoms with E-state index in [4.69, 9.17) is 5.10 Å². The Balaban J connectivity index is 1.52. The molecule has 0 atom stereocenters. The molecular weight excluding hydrogens is 338 g/mol. The van der Waals surface area contributed by atoms with E-state index < -0.39 is 0 Å². The van der Waals surface area contributed by atoms with Crippen molar-refractivity contribution in [3.8, 4) is 0 Å². The van der Waals surface area contributed by atoms with Gasteiger partial charge in [0.05, 0.1) is 5.69 Å². The summed E-state index contributed by atoms with van der Waals surface area (Å²) in [6, 6.07) is 0. The summed E-state index contributed by atoms with van der Waals surface area (Å²) in [5, 5.41) is 8.17. The summed E-state index contributed by atoms with van der Waals surface area (Å²) in [6.07, 6.45) is 7.67. The standard InChI is InChI=1S/C21H33N5O/c1-21(8-9-21)20(27)25-12-6-16(7-13-25)19-17(15-24(3)14-10-22-2)23-26-11-4-5-18(19)26/h6,22H,4-5,7-15H2,1-3H3. The molecule has 6 heteroatoms. The van der Waals surface area contributed by atoms with Gasteiger partial charge in [-0.3, -0.25) is 14.4 Å². The average molecular weight is 372 g/mol. The molecular formula is C21H33N5O. The zero-order valence-corrected chi connectivity index (χ0v) is 17.1. The zero-order chi connectivity index (χ0) is 19.0. The lowest BCUT2D eigenvalue weighted by Gasteiger charge is -2.29. The molecule has 148 valence electrons. The van der Waals surface area contributed by atoms with Crippen LogP contribution in [0.1, 0.15) is 49.6 Å². The molecule has 1 amide bonds. The average Bonchev–Trinajstić information content (AvgIpc) is 3.11. The lowest BCUT2D eigenvalue weighted by molar-refractivity contribution is -0.135. The van der Waals surface area contributed by atoms with Crippen molar-refractivity contribution in [1.29, 1.82) is 0 Å². The number of nitrogens with one attached hydrogen (secondary N) is 1. The van der Waals surface area contributed by atoms with Crippen molar-refractivity contribution in [1.82, 2.24) is 24.9 Å². The molecule has 4 rings (SSSR count). The van der Waals surface area contributed by atoms with E-state index in [2.05, 4.69) is 39.8 Å². The van der Waals surface area contributed by atoms with Gasteiger partial charge in [0.15, 0.2) is 0 Å². The number of nitrogens with zero attached hydrogens (tertiary/aromatic N) is 4. The summed E-state index contributed by atoms with van der Waals surface area (Å²) in [5.41, 5.74) is 5.34. The summed E-state index contributed by atoms with van der Waals surface area (Å²) < 4.78 is 2.22. The molecule has 27 heavy (non-hydrogen) atoms. The largest absolute Gasteiger partial charge is 0.338 e. The predicted octanol–water partition coefficient (Wildman–Crippen LogP) is 1.90. The lowest BCUT2D eigenvalue weighted by atomic mass is 9.95. The van der Waals surface area contributed by atoms with E-state index >= 15 is 0 Å². The van der Waals surface area contributed by atoms with Crippen LogP contribution in [0.15, 0.2) is 6.08 Å². The summed E-state index contributed by atoms with van der Waals surface area (Å²) in [4.78, 5) is 17.0. The highest BCUT2D eigenvalue weighted by molar-refractivity contribution is 5.86. The third kappa shape index (κ3) is 3.69. The Labute approximate surface area is 162 Å². The van der Waals surface area contributed by atoms with Gasteiger partial charge in [-0.1, -0.05) is 13.0 Å². The minimum Gasteiger partial charge on any atom is -0.338 e. The number of rotatable bonds is 7. The van der Waals surface area contributed by atoms with Crippen LogP contribution in [0.2, 0.25) is 0 Å². The number of carbonyl (C=O) groups excluding carboxylic acids is 1. The van der Waals surface area contributed by atoms with Crippen molar-refractivity contribution in [2.45, 2.75) is 52.1 Å². The van der Waals surface area contributed by atoms with Crippen LogP contribution in [0.25, 0.3) is 5.57 Å². The van der Waals surface area contributed by atoms with E-state index in [1.807, 2.05) is 7.05 Å². The van der Waals surface area contributed by atoms with Gasteiger partial charge < -0.3 is 10.2 Å². The second-order valence-electron chi connectivity index (χ2n) is 8.73. The smallest absolute Gasteiger partial charge is 0.228 e. The number of hydrogen-bond acceptors (Lipinski definition) is 4. The molecule has 1 saturated carbocycles. The van der Waals surface area contributed by atoms with E-state index in [1.165, 1.54) is 28.9 Å². The van der Waals surface area contributed by atoms with Crippen LogP contribution in [0.4, 0.5) is 0 Å². The third-order valence-electron chi connectivity index (χ3n) is 6.41. The van der Waals surface area contributed by atoms with Crippen LogP contribution in [0.3, 0.4) is 0 Å². The first kappa shape index (κ1) is 18.7. The number of carbonyl (C=O) groups is 1. The summed E-state index contributed by atoms with van der Waals surface area (Å²) >= 11 is 0. The molecule has 3 heterocycles. The Kier molecular flexibility index (Phi) is 5.12. The molecule has 1 aliphatic carbocycles. The molecule has 0 bridgehead atoms. The highest BCUT2D eigenvalue weighted by Crippen LogP contribution is 2.47. The molecule has 1 aromatic rings. The van der Waals surface area contributed by atoms with Crippen molar-refractivity contribution in [2.75, 3.05) is 40.3 Å². The minimum atomic E-state index is -0.0640. The van der Waals surface area contributed by atoms with Crippen molar-refractivity contribution in [3.05, 3.63) is 23.0 Å². The molecule has 0 unspecified atom stereocenters. The van der Waals surface area contributed by atoms with Gasteiger partial charge >= 0.3 is 0 Å². The Bertz CT molecular complexity index is 746. The first-order valence-electron chi connectivity index (χ1n) is 10.4. The van der Waals surface area contributed by atoms with Crippen molar-refractivity contribution in [2.24, 2.45) is 5.41 Å². The molecule has 0 aromatic carbocycles. The number of hydrogen-bond donors (Lipinski definition) is 1. The van der Waals surface area contributed by atoms with Gasteiger partial charge in [-0.25, -0.2) is 0 Å². The predicted molar refractivity (Wildman–Crippen MR) is 107 cm³/mol. The van der Waals surface area contributed by atoms with Crippen LogP contribution in [0, 0.1) is 5.41 Å². The number of fused-ring (bicyclic) bond motifs is 1. The van der Waals surface area contributed by atoms with E-state index in [0.717, 1.165) is 65.0 Å². The van der Waals surface area contributed by atoms with E-state index in [0.29, 0.717) is 5.91 Å². The van der Waals surface area contributed by atoms with Gasteiger partial charge in [0.2, 0.25) is 5.91 Å². The van der Waals surface area contributed by atoms with Crippen LogP contribution in [0.5, 0.6) is 0 Å². The van der Waals surface area contributed by atoms with Gasteiger partial charge in [0.1, 0.15) is 0 Å². The molecule has 1 fully saturated rings. The molecule has 0 radical (unpaired) electrons. The Hall–Kier alpha value is -1.66. The van der Waals surface area contributed by atoms with Gasteiger partial charge in [0.25, 0.3) is 0 Å². The monoisotopic (exact) mass is 371 g/mol. The van der Waals surface area contributed by atoms with Crippen LogP contribution >= 0.6 is 0 Å². The van der Waals surface area contributed by atoms with Gasteiger partial charge in [-0.2, -0.15) is 5.10 Å². The topological polar surface area (TPSA) is 53.4 Å². The molecule has 2 aliphatic heterocycles. The highest BCUT2D eigenvalue weighted by atomic mass is 16.2. The Morgan fingerprint density at radius 3 is 2.81 bits per heavy atom. The van der Waals surface area contributed by atoms with Crippen molar-refractivity contribution in [3.63, 3.8) is 0 Å². The summed E-state index contributed by atoms with van der Waals surface area (Å²) in [5.74, 6) is 0.352. The normalized spacial score (nSPS) is 20.7. The third-order valence-corrected chi connectivity index (χ3v) is 6.41. The number of aromatic nitrogens is 2. The number of amides is 1. The summed E-state index contributed by atoms with van der Waals surface area (Å²) in [6.45, 7) is 7.63. The summed E-state index contributed by atoms with van der Waals surface area (Å²) in [7, 11) is 4.16. The second kappa shape index (κ2) is 7.40. The fourth-order valence-corrected chi connectivity index (χ4v) is 4.37. The maximum absolute atomic E-state index is 12.6. The van der Waals surface area contributed by atoms with E-state index in [-0.39, 0.29) is 5.41 Å². The Morgan fingerprint density at radius 1 is 1.33 bits per heavy atom. The molecule has 0 saturated heterocycles. The number of aryl methyl sites for hydroxylation is 1. The molecule has 6 nitrogen and oxygen atoms in total. The van der Waals surface area contributed by atoms with Crippen LogP contribution in [-0.4, -0.2) is 65.8 Å². The first-order chi connectivity index (χ1) is 13.0. The minimum absolute atomic E-state index is 0.0640. The van der Waals surface area contributed by atoms with Crippen molar-refractivity contribution >= 4 is 11.5 Å². The maximum Gasteiger partial charge on any atom is 0.228 e. The highest BCUT2D eigenvalue weighted by Gasteiger charge is 2.47. The fraction of sp³-hybridized carbons (Fsp3) is 0.714. The van der Waals surface area contributed by atoms with Gasteiger partial charge in [-0.15, -0.1) is 0 Å². The van der Waals surface area contributed by atoms with Crippen LogP contribution in [-0.2, 0) is 24.3 Å². The van der Waals surface area contributed by atoms with Gasteiger partial charge in [0, 0.05) is 55.9 Å². The maximum atomic E-state index is 12.6. The second-order valence-corrected chi connectivity index (χ2v) is 8.73.